The lowest BCUT2D eigenvalue weighted by Crippen LogP contribution is -2.11. The molecular weight excluding hydrogens is 266 g/mol. The van der Waals surface area contributed by atoms with Gasteiger partial charge >= 0.3 is 0 Å². The minimum Gasteiger partial charge on any atom is -0.469 e. The van der Waals surface area contributed by atoms with Crippen LogP contribution in [0.1, 0.15) is 17.7 Å². The molecule has 0 aliphatic carbocycles. The average molecular weight is 281 g/mol. The second kappa shape index (κ2) is 4.77. The van der Waals surface area contributed by atoms with Crippen LogP contribution in [0, 0.1) is 6.92 Å². The van der Waals surface area contributed by atoms with Gasteiger partial charge in [0.05, 0.1) is 11.8 Å². The Hall–Kier alpha value is -2.56. The molecule has 21 heavy (non-hydrogen) atoms. The van der Waals surface area contributed by atoms with Gasteiger partial charge in [0, 0.05) is 17.8 Å². The number of furan rings is 1. The third kappa shape index (κ3) is 2.11. The monoisotopic (exact) mass is 281 g/mol. The summed E-state index contributed by atoms with van der Waals surface area (Å²) in [5.41, 5.74) is 4.33. The van der Waals surface area contributed by atoms with Crippen molar-refractivity contribution in [2.24, 2.45) is 0 Å². The smallest absolute Gasteiger partial charge is 0.258 e. The first-order valence-corrected chi connectivity index (χ1v) is 7.06. The van der Waals surface area contributed by atoms with E-state index in [1.165, 1.54) is 11.3 Å². The number of rotatable bonds is 2. The molecule has 1 aliphatic heterocycles. The summed E-state index contributed by atoms with van der Waals surface area (Å²) in [4.78, 5) is 4.47. The van der Waals surface area contributed by atoms with Crippen LogP contribution in [-0.4, -0.2) is 16.7 Å². The van der Waals surface area contributed by atoms with E-state index in [9.17, 15) is 0 Å². The molecule has 0 bridgehead atoms. The van der Waals surface area contributed by atoms with E-state index in [4.69, 9.17) is 8.94 Å². The van der Waals surface area contributed by atoms with Gasteiger partial charge in [-0.05, 0) is 49.6 Å². The maximum absolute atomic E-state index is 5.40. The highest BCUT2D eigenvalue weighted by Gasteiger charge is 2.16. The van der Waals surface area contributed by atoms with Gasteiger partial charge in [-0.15, -0.1) is 0 Å². The Bertz CT molecular complexity index is 788. The Morgan fingerprint density at radius 3 is 3.05 bits per heavy atom. The number of fused-ring (bicyclic) bond motifs is 1. The van der Waals surface area contributed by atoms with Crippen molar-refractivity contribution in [2.45, 2.75) is 19.8 Å². The Balaban J connectivity index is 1.71. The van der Waals surface area contributed by atoms with Gasteiger partial charge in [-0.3, -0.25) is 0 Å². The van der Waals surface area contributed by atoms with Gasteiger partial charge in [-0.2, -0.15) is 4.98 Å². The topological polar surface area (TPSA) is 64.1 Å². The van der Waals surface area contributed by atoms with E-state index in [1.54, 1.807) is 6.26 Å². The van der Waals surface area contributed by atoms with Gasteiger partial charge in [0.25, 0.3) is 5.89 Å². The SMILES string of the molecule is Cc1occc1-c1noc(-c2ccc3c(c2)CCCN3)n1. The fourth-order valence-electron chi connectivity index (χ4n) is 2.68. The number of nitrogens with zero attached hydrogens (tertiary/aromatic N) is 2. The first-order valence-electron chi connectivity index (χ1n) is 7.06. The predicted octanol–water partition coefficient (Wildman–Crippen LogP) is 3.66. The van der Waals surface area contributed by atoms with E-state index in [1.807, 2.05) is 19.1 Å². The largest absolute Gasteiger partial charge is 0.469 e. The van der Waals surface area contributed by atoms with Gasteiger partial charge in [0.2, 0.25) is 5.82 Å². The number of anilines is 1. The molecule has 3 heterocycles. The molecular formula is C16H15N3O2. The second-order valence-corrected chi connectivity index (χ2v) is 5.22. The molecule has 3 aromatic rings. The van der Waals surface area contributed by atoms with Crippen LogP contribution in [0.3, 0.4) is 0 Å². The minimum absolute atomic E-state index is 0.541. The fourth-order valence-corrected chi connectivity index (χ4v) is 2.68. The van der Waals surface area contributed by atoms with Crippen molar-refractivity contribution in [3.63, 3.8) is 0 Å². The predicted molar refractivity (Wildman–Crippen MR) is 79.0 cm³/mol. The van der Waals surface area contributed by atoms with E-state index in [0.29, 0.717) is 11.7 Å². The highest BCUT2D eigenvalue weighted by Crippen LogP contribution is 2.29. The average Bonchev–Trinajstić information content (AvgIpc) is 3.15. The molecule has 0 radical (unpaired) electrons. The summed E-state index contributed by atoms with van der Waals surface area (Å²) < 4.78 is 10.7. The number of aryl methyl sites for hydroxylation is 2. The van der Waals surface area contributed by atoms with Crippen molar-refractivity contribution in [1.82, 2.24) is 10.1 Å². The summed E-state index contributed by atoms with van der Waals surface area (Å²) in [7, 11) is 0. The molecule has 0 unspecified atom stereocenters. The van der Waals surface area contributed by atoms with Crippen LogP contribution in [0.25, 0.3) is 22.8 Å². The van der Waals surface area contributed by atoms with Gasteiger partial charge in [0.15, 0.2) is 0 Å². The summed E-state index contributed by atoms with van der Waals surface area (Å²) in [6, 6.07) is 8.06. The van der Waals surface area contributed by atoms with Gasteiger partial charge < -0.3 is 14.3 Å². The van der Waals surface area contributed by atoms with E-state index in [-0.39, 0.29) is 0 Å². The molecule has 0 saturated heterocycles. The van der Waals surface area contributed by atoms with Crippen molar-refractivity contribution in [3.8, 4) is 22.8 Å². The molecule has 1 aliphatic rings. The molecule has 5 nitrogen and oxygen atoms in total. The van der Waals surface area contributed by atoms with Crippen LogP contribution >= 0.6 is 0 Å². The molecule has 1 aromatic carbocycles. The third-order valence-electron chi connectivity index (χ3n) is 3.82. The maximum atomic E-state index is 5.40. The highest BCUT2D eigenvalue weighted by molar-refractivity contribution is 5.65. The molecule has 4 rings (SSSR count). The van der Waals surface area contributed by atoms with Crippen LogP contribution in [0.2, 0.25) is 0 Å². The van der Waals surface area contributed by atoms with Gasteiger partial charge in [-0.25, -0.2) is 0 Å². The first kappa shape index (κ1) is 12.2. The van der Waals surface area contributed by atoms with Gasteiger partial charge in [-0.1, -0.05) is 5.16 Å². The maximum Gasteiger partial charge on any atom is 0.258 e. The van der Waals surface area contributed by atoms with E-state index >= 15 is 0 Å². The lowest BCUT2D eigenvalue weighted by atomic mass is 10.0. The molecule has 5 heteroatoms. The van der Waals surface area contributed by atoms with Crippen molar-refractivity contribution in [2.75, 3.05) is 11.9 Å². The van der Waals surface area contributed by atoms with Gasteiger partial charge in [0.1, 0.15) is 5.76 Å². The molecule has 1 N–H and O–H groups in total. The fraction of sp³-hybridized carbons (Fsp3) is 0.250. The number of hydrogen-bond acceptors (Lipinski definition) is 5. The van der Waals surface area contributed by atoms with Crippen LogP contribution in [0.4, 0.5) is 5.69 Å². The van der Waals surface area contributed by atoms with Crippen LogP contribution in [0.5, 0.6) is 0 Å². The standard InChI is InChI=1S/C16H15N3O2/c1-10-13(6-8-20-10)15-18-16(21-19-15)12-4-5-14-11(9-12)3-2-7-17-14/h4-6,8-9,17H,2-3,7H2,1H3. The van der Waals surface area contributed by atoms with E-state index in [2.05, 4.69) is 27.6 Å². The summed E-state index contributed by atoms with van der Waals surface area (Å²) in [5, 5.41) is 7.44. The summed E-state index contributed by atoms with van der Waals surface area (Å²) in [5.74, 6) is 1.89. The Kier molecular flexibility index (Phi) is 2.77. The van der Waals surface area contributed by atoms with E-state index < -0.39 is 0 Å². The lowest BCUT2D eigenvalue weighted by molar-refractivity contribution is 0.432. The van der Waals surface area contributed by atoms with Crippen molar-refractivity contribution >= 4 is 5.69 Å². The molecule has 0 atom stereocenters. The summed E-state index contributed by atoms with van der Waals surface area (Å²) >= 11 is 0. The zero-order valence-corrected chi connectivity index (χ0v) is 11.7. The highest BCUT2D eigenvalue weighted by atomic mass is 16.5. The first-order chi connectivity index (χ1) is 10.3. The van der Waals surface area contributed by atoms with Crippen molar-refractivity contribution in [3.05, 3.63) is 41.9 Å². The molecule has 0 fully saturated rings. The summed E-state index contributed by atoms with van der Waals surface area (Å²) in [6.07, 6.45) is 3.86. The second-order valence-electron chi connectivity index (χ2n) is 5.22. The Morgan fingerprint density at radius 2 is 2.19 bits per heavy atom. The Morgan fingerprint density at radius 1 is 1.24 bits per heavy atom. The number of aromatic nitrogens is 2. The van der Waals surface area contributed by atoms with Crippen LogP contribution in [0.15, 0.2) is 39.5 Å². The Labute approximate surface area is 122 Å². The lowest BCUT2D eigenvalue weighted by Gasteiger charge is -2.17. The number of benzene rings is 1. The molecule has 106 valence electrons. The third-order valence-corrected chi connectivity index (χ3v) is 3.82. The number of nitrogens with one attached hydrogen (secondary N) is 1. The zero-order chi connectivity index (χ0) is 14.2. The minimum atomic E-state index is 0.541. The van der Waals surface area contributed by atoms with E-state index in [0.717, 1.165) is 36.3 Å². The number of hydrogen-bond donors (Lipinski definition) is 1. The molecule has 0 saturated carbocycles. The summed E-state index contributed by atoms with van der Waals surface area (Å²) in [6.45, 7) is 2.92. The van der Waals surface area contributed by atoms with Crippen molar-refractivity contribution < 1.29 is 8.94 Å². The normalized spacial score (nSPS) is 13.8. The quantitative estimate of drug-likeness (QED) is 0.776. The molecule has 2 aromatic heterocycles. The molecule has 0 spiro atoms. The molecule has 0 amide bonds. The van der Waals surface area contributed by atoms with Crippen LogP contribution < -0.4 is 5.32 Å². The zero-order valence-electron chi connectivity index (χ0n) is 11.7. The van der Waals surface area contributed by atoms with Crippen LogP contribution in [-0.2, 0) is 6.42 Å². The van der Waals surface area contributed by atoms with Crippen molar-refractivity contribution in [1.29, 1.82) is 0 Å².